The number of nitrogens with zero attached hydrogens (tertiary/aromatic N) is 4. The molecule has 0 bridgehead atoms. The molecule has 4 rings (SSSR count). The molecule has 0 aliphatic carbocycles. The van der Waals surface area contributed by atoms with Crippen LogP contribution in [0.4, 0.5) is 0 Å². The van der Waals surface area contributed by atoms with Crippen LogP contribution in [0.15, 0.2) is 28.7 Å². The molecule has 0 radical (unpaired) electrons. The largest absolute Gasteiger partial charge is 0.492 e. The third-order valence-corrected chi connectivity index (χ3v) is 6.34. The molecule has 0 unspecified atom stereocenters. The summed E-state index contributed by atoms with van der Waals surface area (Å²) in [4.78, 5) is 8.58. The van der Waals surface area contributed by atoms with Gasteiger partial charge in [0.2, 0.25) is 10.8 Å². The molecule has 3 aromatic rings. The van der Waals surface area contributed by atoms with Gasteiger partial charge in [0.15, 0.2) is 0 Å². The summed E-state index contributed by atoms with van der Waals surface area (Å²) >= 11 is 5.12. The lowest BCUT2D eigenvalue weighted by Gasteiger charge is -2.37. The van der Waals surface area contributed by atoms with Crippen molar-refractivity contribution in [2.45, 2.75) is 32.7 Å². The first-order valence-corrected chi connectivity index (χ1v) is 10.2. The molecule has 2 atom stereocenters. The van der Waals surface area contributed by atoms with Crippen molar-refractivity contribution in [2.75, 3.05) is 13.1 Å². The number of aromatic nitrogens is 3. The molecule has 25 heavy (non-hydrogen) atoms. The Morgan fingerprint density at radius 3 is 2.96 bits per heavy atom. The van der Waals surface area contributed by atoms with Crippen LogP contribution in [0.2, 0.25) is 0 Å². The van der Waals surface area contributed by atoms with Crippen molar-refractivity contribution >= 4 is 32.2 Å². The maximum Gasteiger partial charge on any atom is 0.230 e. The zero-order chi connectivity index (χ0) is 17.6. The van der Waals surface area contributed by atoms with Crippen LogP contribution in [-0.2, 0) is 0 Å². The SMILES string of the molecule is Cc1nc2sc([C@H](c3cccc(Br)c3)N3CCC[C@@H](C)C3)c(O)n2n1. The molecular weight excluding hydrogens is 400 g/mol. The average molecular weight is 421 g/mol. The normalized spacial score (nSPS) is 20.2. The summed E-state index contributed by atoms with van der Waals surface area (Å²) < 4.78 is 2.61. The predicted molar refractivity (Wildman–Crippen MR) is 103 cm³/mol. The van der Waals surface area contributed by atoms with Gasteiger partial charge in [-0.2, -0.15) is 4.52 Å². The summed E-state index contributed by atoms with van der Waals surface area (Å²) in [5.41, 5.74) is 1.18. The minimum atomic E-state index is 0.0223. The van der Waals surface area contributed by atoms with E-state index in [4.69, 9.17) is 0 Å². The molecule has 1 fully saturated rings. The highest BCUT2D eigenvalue weighted by Crippen LogP contribution is 2.41. The van der Waals surface area contributed by atoms with E-state index in [1.807, 2.05) is 13.0 Å². The van der Waals surface area contributed by atoms with Crippen LogP contribution in [0, 0.1) is 12.8 Å². The van der Waals surface area contributed by atoms with Crippen molar-refractivity contribution in [1.29, 1.82) is 0 Å². The fourth-order valence-electron chi connectivity index (χ4n) is 3.69. The molecule has 3 heterocycles. The van der Waals surface area contributed by atoms with Crippen molar-refractivity contribution in [1.82, 2.24) is 19.5 Å². The summed E-state index contributed by atoms with van der Waals surface area (Å²) in [6.45, 7) is 6.21. The Morgan fingerprint density at radius 1 is 1.40 bits per heavy atom. The molecule has 0 saturated carbocycles. The summed E-state index contributed by atoms with van der Waals surface area (Å²) in [6.07, 6.45) is 2.45. The Morgan fingerprint density at radius 2 is 2.24 bits per heavy atom. The molecular formula is C18H21BrN4OS. The van der Waals surface area contributed by atoms with Gasteiger partial charge in [-0.1, -0.05) is 46.3 Å². The highest BCUT2D eigenvalue weighted by molar-refractivity contribution is 9.10. The van der Waals surface area contributed by atoms with E-state index in [2.05, 4.69) is 56.0 Å². The Balaban J connectivity index is 1.83. The number of halogens is 1. The Hall–Kier alpha value is -1.44. The van der Waals surface area contributed by atoms with Gasteiger partial charge in [-0.05, 0) is 49.9 Å². The number of hydrogen-bond acceptors (Lipinski definition) is 5. The van der Waals surface area contributed by atoms with Crippen molar-refractivity contribution in [3.05, 3.63) is 45.0 Å². The smallest absolute Gasteiger partial charge is 0.230 e. The van der Waals surface area contributed by atoms with Gasteiger partial charge in [0.1, 0.15) is 5.82 Å². The van der Waals surface area contributed by atoms with Gasteiger partial charge < -0.3 is 5.11 Å². The Kier molecular flexibility index (Phi) is 4.56. The number of rotatable bonds is 3. The number of thiazole rings is 1. The molecule has 1 aliphatic heterocycles. The van der Waals surface area contributed by atoms with Gasteiger partial charge in [-0.25, -0.2) is 4.98 Å². The second-order valence-electron chi connectivity index (χ2n) is 6.84. The minimum Gasteiger partial charge on any atom is -0.492 e. The molecule has 2 aromatic heterocycles. The van der Waals surface area contributed by atoms with Crippen LogP contribution < -0.4 is 0 Å². The third kappa shape index (κ3) is 3.20. The number of fused-ring (bicyclic) bond motifs is 1. The van der Waals surface area contributed by atoms with Crippen molar-refractivity contribution in [2.24, 2.45) is 5.92 Å². The molecule has 5 nitrogen and oxygen atoms in total. The van der Waals surface area contributed by atoms with Gasteiger partial charge >= 0.3 is 0 Å². The topological polar surface area (TPSA) is 53.7 Å². The van der Waals surface area contributed by atoms with E-state index >= 15 is 0 Å². The number of hydrogen-bond donors (Lipinski definition) is 1. The number of benzene rings is 1. The zero-order valence-electron chi connectivity index (χ0n) is 14.3. The van der Waals surface area contributed by atoms with E-state index in [0.29, 0.717) is 11.7 Å². The number of likely N-dealkylation sites (tertiary alicyclic amines) is 1. The van der Waals surface area contributed by atoms with E-state index < -0.39 is 0 Å². The van der Waals surface area contributed by atoms with Crippen LogP contribution in [0.5, 0.6) is 5.88 Å². The standard InChI is InChI=1S/C18H21BrN4OS/c1-11-5-4-8-22(10-11)15(13-6-3-7-14(19)9-13)16-17(24)23-18(25-16)20-12(2)21-23/h3,6-7,9,11,15,24H,4-5,8,10H2,1-2H3/t11-,15+/m1/s1. The maximum atomic E-state index is 10.8. The monoisotopic (exact) mass is 420 g/mol. The molecule has 132 valence electrons. The molecule has 0 amide bonds. The van der Waals surface area contributed by atoms with Crippen LogP contribution in [0.25, 0.3) is 4.96 Å². The second kappa shape index (κ2) is 6.70. The molecule has 7 heteroatoms. The highest BCUT2D eigenvalue weighted by atomic mass is 79.9. The van der Waals surface area contributed by atoms with Gasteiger partial charge in [-0.15, -0.1) is 5.10 Å². The number of piperidine rings is 1. The summed E-state index contributed by atoms with van der Waals surface area (Å²) in [5, 5.41) is 15.2. The summed E-state index contributed by atoms with van der Waals surface area (Å²) in [5.74, 6) is 1.55. The van der Waals surface area contributed by atoms with Crippen molar-refractivity contribution in [3.8, 4) is 5.88 Å². The summed E-state index contributed by atoms with van der Waals surface area (Å²) in [7, 11) is 0. The first-order chi connectivity index (χ1) is 12.0. The van der Waals surface area contributed by atoms with E-state index in [0.717, 1.165) is 27.4 Å². The maximum absolute atomic E-state index is 10.8. The van der Waals surface area contributed by atoms with Gasteiger partial charge in [-0.3, -0.25) is 4.90 Å². The van der Waals surface area contributed by atoms with Gasteiger partial charge in [0, 0.05) is 11.0 Å². The lowest BCUT2D eigenvalue weighted by molar-refractivity contribution is 0.149. The van der Waals surface area contributed by atoms with Crippen molar-refractivity contribution < 1.29 is 5.11 Å². The molecule has 1 N–H and O–H groups in total. The highest BCUT2D eigenvalue weighted by Gasteiger charge is 2.31. The zero-order valence-corrected chi connectivity index (χ0v) is 16.7. The number of aryl methyl sites for hydroxylation is 1. The Bertz CT molecular complexity index is 906. The predicted octanol–water partition coefficient (Wildman–Crippen LogP) is 4.39. The van der Waals surface area contributed by atoms with E-state index in [-0.39, 0.29) is 11.9 Å². The first kappa shape index (κ1) is 17.0. The van der Waals surface area contributed by atoms with Crippen LogP contribution in [0.3, 0.4) is 0 Å². The quantitative estimate of drug-likeness (QED) is 0.682. The lowest BCUT2D eigenvalue weighted by Crippen LogP contribution is -2.37. The average Bonchev–Trinajstić information content (AvgIpc) is 3.06. The molecule has 0 spiro atoms. The third-order valence-electron chi connectivity index (χ3n) is 4.77. The molecule has 1 aliphatic rings. The molecule has 1 saturated heterocycles. The fraction of sp³-hybridized carbons (Fsp3) is 0.444. The number of aromatic hydroxyl groups is 1. The first-order valence-electron chi connectivity index (χ1n) is 8.57. The van der Waals surface area contributed by atoms with Crippen LogP contribution in [-0.4, -0.2) is 37.7 Å². The Labute approximate surface area is 159 Å². The van der Waals surface area contributed by atoms with Gasteiger partial charge in [0.25, 0.3) is 0 Å². The van der Waals surface area contributed by atoms with Crippen molar-refractivity contribution in [3.63, 3.8) is 0 Å². The molecule has 1 aromatic carbocycles. The minimum absolute atomic E-state index is 0.0223. The summed E-state index contributed by atoms with van der Waals surface area (Å²) in [6, 6.07) is 8.39. The van der Waals surface area contributed by atoms with E-state index in [1.165, 1.54) is 29.7 Å². The van der Waals surface area contributed by atoms with E-state index in [1.54, 1.807) is 4.52 Å². The fourth-order valence-corrected chi connectivity index (χ4v) is 5.27. The second-order valence-corrected chi connectivity index (χ2v) is 8.77. The lowest BCUT2D eigenvalue weighted by atomic mass is 9.95. The van der Waals surface area contributed by atoms with E-state index in [9.17, 15) is 5.11 Å². The van der Waals surface area contributed by atoms with Gasteiger partial charge in [0.05, 0.1) is 10.9 Å². The van der Waals surface area contributed by atoms with Crippen LogP contribution in [0.1, 0.15) is 42.1 Å². The van der Waals surface area contributed by atoms with Crippen LogP contribution >= 0.6 is 27.3 Å².